The van der Waals surface area contributed by atoms with Crippen LogP contribution in [0.4, 0.5) is 10.5 Å². The number of anilines is 1. The molecule has 21 heavy (non-hydrogen) atoms. The molecular weight excluding hydrogens is 264 g/mol. The van der Waals surface area contributed by atoms with Gasteiger partial charge < -0.3 is 16.4 Å². The van der Waals surface area contributed by atoms with E-state index in [1.54, 1.807) is 0 Å². The van der Waals surface area contributed by atoms with Crippen molar-refractivity contribution >= 4 is 11.7 Å². The average Bonchev–Trinajstić information content (AvgIpc) is 3.20. The predicted octanol–water partition coefficient (Wildman–Crippen LogP) is 2.06. The number of benzene rings is 1. The first-order chi connectivity index (χ1) is 10.1. The van der Waals surface area contributed by atoms with Crippen molar-refractivity contribution in [3.8, 4) is 0 Å². The van der Waals surface area contributed by atoms with Crippen LogP contribution in [0, 0.1) is 0 Å². The van der Waals surface area contributed by atoms with Gasteiger partial charge in [0.1, 0.15) is 0 Å². The van der Waals surface area contributed by atoms with E-state index >= 15 is 0 Å². The zero-order valence-electron chi connectivity index (χ0n) is 12.5. The van der Waals surface area contributed by atoms with Crippen molar-refractivity contribution < 1.29 is 4.79 Å². The van der Waals surface area contributed by atoms with E-state index < -0.39 is 6.03 Å². The van der Waals surface area contributed by atoms with Crippen LogP contribution in [-0.4, -0.2) is 36.1 Å². The molecule has 1 aliphatic carbocycles. The number of carbonyl (C=O) groups excluding carboxylic acids is 1. The number of nitrogens with two attached hydrogens (primary N) is 1. The highest BCUT2D eigenvalue weighted by atomic mass is 16.2. The fourth-order valence-corrected chi connectivity index (χ4v) is 3.14. The number of rotatable bonds is 5. The monoisotopic (exact) mass is 288 g/mol. The van der Waals surface area contributed by atoms with Gasteiger partial charge >= 0.3 is 6.03 Å². The number of nitrogens with one attached hydrogen (secondary N) is 2. The third-order valence-corrected chi connectivity index (χ3v) is 4.45. The normalized spacial score (nSPS) is 24.0. The molecule has 2 unspecified atom stereocenters. The molecule has 0 radical (unpaired) electrons. The minimum absolute atomic E-state index is 0.316. The zero-order valence-corrected chi connectivity index (χ0v) is 12.5. The van der Waals surface area contributed by atoms with E-state index in [1.807, 2.05) is 24.3 Å². The third kappa shape index (κ3) is 3.74. The molecule has 5 heteroatoms. The lowest BCUT2D eigenvalue weighted by Crippen LogP contribution is -2.34. The van der Waals surface area contributed by atoms with E-state index in [2.05, 4.69) is 22.5 Å². The van der Waals surface area contributed by atoms with Crippen LogP contribution in [0.1, 0.15) is 37.8 Å². The van der Waals surface area contributed by atoms with E-state index in [4.69, 9.17) is 5.73 Å². The van der Waals surface area contributed by atoms with Crippen molar-refractivity contribution in [3.05, 3.63) is 29.8 Å². The van der Waals surface area contributed by atoms with Crippen LogP contribution in [0.25, 0.3) is 0 Å². The molecule has 0 aromatic heterocycles. The van der Waals surface area contributed by atoms with Gasteiger partial charge in [0.2, 0.25) is 0 Å². The first kappa shape index (κ1) is 14.4. The second-order valence-electron chi connectivity index (χ2n) is 6.21. The van der Waals surface area contributed by atoms with E-state index in [0.717, 1.165) is 11.7 Å². The van der Waals surface area contributed by atoms with Crippen molar-refractivity contribution in [3.63, 3.8) is 0 Å². The molecule has 114 valence electrons. The Morgan fingerprint density at radius 1 is 1.29 bits per heavy atom. The maximum Gasteiger partial charge on any atom is 0.316 e. The van der Waals surface area contributed by atoms with Crippen molar-refractivity contribution in [2.24, 2.45) is 5.73 Å². The molecule has 1 aromatic carbocycles. The van der Waals surface area contributed by atoms with Gasteiger partial charge in [0.05, 0.1) is 0 Å². The van der Waals surface area contributed by atoms with Crippen molar-refractivity contribution in [1.82, 2.24) is 10.2 Å². The summed E-state index contributed by atoms with van der Waals surface area (Å²) in [6, 6.07) is 9.10. The van der Waals surface area contributed by atoms with Crippen LogP contribution in [0.3, 0.4) is 0 Å². The summed E-state index contributed by atoms with van der Waals surface area (Å²) >= 11 is 0. The van der Waals surface area contributed by atoms with Gasteiger partial charge in [-0.25, -0.2) is 4.79 Å². The molecule has 1 aromatic rings. The molecule has 5 nitrogen and oxygen atoms in total. The average molecular weight is 288 g/mol. The summed E-state index contributed by atoms with van der Waals surface area (Å²) in [6.07, 6.45) is 4.01. The highest BCUT2D eigenvalue weighted by Gasteiger charge is 2.34. The molecule has 2 aliphatic rings. The van der Waals surface area contributed by atoms with Crippen LogP contribution >= 0.6 is 0 Å². The van der Waals surface area contributed by atoms with E-state index in [1.165, 1.54) is 37.9 Å². The summed E-state index contributed by atoms with van der Waals surface area (Å²) < 4.78 is 0. The first-order valence-electron chi connectivity index (χ1n) is 7.78. The number of hydrogen-bond acceptors (Lipinski definition) is 3. The summed E-state index contributed by atoms with van der Waals surface area (Å²) in [7, 11) is 0. The smallest absolute Gasteiger partial charge is 0.316 e. The van der Waals surface area contributed by atoms with Crippen molar-refractivity contribution in [2.45, 2.75) is 44.3 Å². The Labute approximate surface area is 125 Å². The number of urea groups is 1. The predicted molar refractivity (Wildman–Crippen MR) is 84.2 cm³/mol. The standard InChI is InChI=1S/C16H24N4O/c1-11(12-2-4-13(5-3-12)19-16(17)21)18-14-8-9-20(10-14)15-6-7-15/h2-5,11,14-15,18H,6-10H2,1H3,(H3,17,19,21). The lowest BCUT2D eigenvalue weighted by Gasteiger charge is -2.21. The summed E-state index contributed by atoms with van der Waals surface area (Å²) in [4.78, 5) is 13.4. The Morgan fingerprint density at radius 3 is 2.62 bits per heavy atom. The largest absolute Gasteiger partial charge is 0.351 e. The van der Waals surface area contributed by atoms with Crippen LogP contribution in [-0.2, 0) is 0 Å². The zero-order chi connectivity index (χ0) is 14.8. The number of likely N-dealkylation sites (tertiary alicyclic amines) is 1. The molecule has 0 bridgehead atoms. The molecule has 2 amide bonds. The molecule has 2 fully saturated rings. The van der Waals surface area contributed by atoms with Crippen LogP contribution in [0.2, 0.25) is 0 Å². The lowest BCUT2D eigenvalue weighted by molar-refractivity contribution is 0.259. The summed E-state index contributed by atoms with van der Waals surface area (Å²) in [6.45, 7) is 4.60. The van der Waals surface area contributed by atoms with E-state index in [0.29, 0.717) is 12.1 Å². The molecule has 1 saturated heterocycles. The number of primary amides is 1. The van der Waals surface area contributed by atoms with E-state index in [9.17, 15) is 4.79 Å². The summed E-state index contributed by atoms with van der Waals surface area (Å²) in [5.74, 6) is 0. The minimum Gasteiger partial charge on any atom is -0.351 e. The maximum absolute atomic E-state index is 10.8. The highest BCUT2D eigenvalue weighted by molar-refractivity contribution is 5.87. The highest BCUT2D eigenvalue weighted by Crippen LogP contribution is 2.30. The molecule has 0 spiro atoms. The molecule has 1 heterocycles. The molecule has 2 atom stereocenters. The van der Waals surface area contributed by atoms with Crippen LogP contribution < -0.4 is 16.4 Å². The van der Waals surface area contributed by atoms with Gasteiger partial charge in [-0.2, -0.15) is 0 Å². The Hall–Kier alpha value is -1.59. The maximum atomic E-state index is 10.8. The van der Waals surface area contributed by atoms with Crippen molar-refractivity contribution in [2.75, 3.05) is 18.4 Å². The SMILES string of the molecule is CC(NC1CCN(C2CC2)C1)c1ccc(NC(N)=O)cc1. The number of nitrogens with zero attached hydrogens (tertiary/aromatic N) is 1. The molecule has 4 N–H and O–H groups in total. The van der Waals surface area contributed by atoms with Gasteiger partial charge in [0, 0.05) is 36.9 Å². The van der Waals surface area contributed by atoms with Gasteiger partial charge in [0.15, 0.2) is 0 Å². The number of amides is 2. The molecular formula is C16H24N4O. The quantitative estimate of drug-likeness (QED) is 0.777. The summed E-state index contributed by atoms with van der Waals surface area (Å²) in [5, 5.41) is 6.30. The molecule has 1 aliphatic heterocycles. The van der Waals surface area contributed by atoms with Crippen LogP contribution in [0.15, 0.2) is 24.3 Å². The van der Waals surface area contributed by atoms with Gasteiger partial charge in [-0.3, -0.25) is 4.90 Å². The Morgan fingerprint density at radius 2 is 2.00 bits per heavy atom. The number of carbonyl (C=O) groups is 1. The van der Waals surface area contributed by atoms with E-state index in [-0.39, 0.29) is 0 Å². The Bertz CT molecular complexity index is 498. The van der Waals surface area contributed by atoms with Crippen molar-refractivity contribution in [1.29, 1.82) is 0 Å². The minimum atomic E-state index is -0.528. The fraction of sp³-hybridized carbons (Fsp3) is 0.562. The van der Waals surface area contributed by atoms with Gasteiger partial charge in [-0.15, -0.1) is 0 Å². The number of hydrogen-bond donors (Lipinski definition) is 3. The Balaban J connectivity index is 1.52. The second-order valence-corrected chi connectivity index (χ2v) is 6.21. The Kier molecular flexibility index (Phi) is 4.12. The van der Waals surface area contributed by atoms with Gasteiger partial charge in [-0.1, -0.05) is 12.1 Å². The van der Waals surface area contributed by atoms with Crippen LogP contribution in [0.5, 0.6) is 0 Å². The lowest BCUT2D eigenvalue weighted by atomic mass is 10.1. The third-order valence-electron chi connectivity index (χ3n) is 4.45. The molecule has 1 saturated carbocycles. The topological polar surface area (TPSA) is 70.4 Å². The fourth-order valence-electron chi connectivity index (χ4n) is 3.14. The molecule has 3 rings (SSSR count). The van der Waals surface area contributed by atoms with Gasteiger partial charge in [-0.05, 0) is 43.9 Å². The second kappa shape index (κ2) is 6.03. The first-order valence-corrected chi connectivity index (χ1v) is 7.78. The summed E-state index contributed by atoms with van der Waals surface area (Å²) in [5.41, 5.74) is 7.07. The van der Waals surface area contributed by atoms with Gasteiger partial charge in [0.25, 0.3) is 0 Å².